The number of nitrogens with two attached hydrogens (primary N) is 1. The van der Waals surface area contributed by atoms with E-state index in [-0.39, 0.29) is 42.6 Å². The van der Waals surface area contributed by atoms with Gasteiger partial charge in [0.1, 0.15) is 5.82 Å². The van der Waals surface area contributed by atoms with Crippen molar-refractivity contribution in [2.75, 3.05) is 5.75 Å². The minimum atomic E-state index is -0.332. The van der Waals surface area contributed by atoms with Gasteiger partial charge in [0.15, 0.2) is 0 Å². The molecule has 0 spiro atoms. The monoisotopic (exact) mass is 366 g/mol. The third-order valence-corrected chi connectivity index (χ3v) is 5.10. The van der Waals surface area contributed by atoms with E-state index in [2.05, 4.69) is 5.32 Å². The Labute approximate surface area is 151 Å². The fraction of sp³-hybridized carbons (Fsp3) is 0.278. The quantitative estimate of drug-likeness (QED) is 0.860. The summed E-state index contributed by atoms with van der Waals surface area (Å²) in [7, 11) is 0. The van der Waals surface area contributed by atoms with Crippen molar-refractivity contribution in [1.82, 2.24) is 5.32 Å². The van der Waals surface area contributed by atoms with Crippen LogP contribution in [0.5, 0.6) is 0 Å². The van der Waals surface area contributed by atoms with Crippen molar-refractivity contribution in [3.05, 3.63) is 65.5 Å². The van der Waals surface area contributed by atoms with Gasteiger partial charge in [0.05, 0.1) is 6.04 Å². The maximum Gasteiger partial charge on any atom is 0.222 e. The van der Waals surface area contributed by atoms with Gasteiger partial charge in [-0.3, -0.25) is 4.79 Å². The van der Waals surface area contributed by atoms with Crippen LogP contribution in [-0.4, -0.2) is 11.7 Å². The highest BCUT2D eigenvalue weighted by atomic mass is 35.5. The average molecular weight is 367 g/mol. The summed E-state index contributed by atoms with van der Waals surface area (Å²) in [4.78, 5) is 13.3. The summed E-state index contributed by atoms with van der Waals surface area (Å²) < 4.78 is 13.5. The van der Waals surface area contributed by atoms with Crippen LogP contribution in [0.25, 0.3) is 0 Å². The van der Waals surface area contributed by atoms with Gasteiger partial charge in [-0.25, -0.2) is 4.39 Å². The van der Waals surface area contributed by atoms with Crippen LogP contribution in [0.1, 0.15) is 36.1 Å². The zero-order chi connectivity index (χ0) is 16.2. The molecule has 0 aromatic heterocycles. The molecule has 2 unspecified atom stereocenters. The largest absolute Gasteiger partial charge is 0.349 e. The van der Waals surface area contributed by atoms with E-state index in [1.165, 1.54) is 12.1 Å². The molecule has 128 valence electrons. The molecule has 0 aliphatic carbocycles. The van der Waals surface area contributed by atoms with E-state index in [0.717, 1.165) is 28.2 Å². The summed E-state index contributed by atoms with van der Waals surface area (Å²) >= 11 is 1.70. The second-order valence-electron chi connectivity index (χ2n) is 5.66. The minimum absolute atomic E-state index is 0. The summed E-state index contributed by atoms with van der Waals surface area (Å²) in [6.45, 7) is 0. The van der Waals surface area contributed by atoms with Gasteiger partial charge in [-0.1, -0.05) is 30.3 Å². The van der Waals surface area contributed by atoms with Gasteiger partial charge in [-0.05, 0) is 35.7 Å². The van der Waals surface area contributed by atoms with E-state index in [0.29, 0.717) is 0 Å². The van der Waals surface area contributed by atoms with Crippen LogP contribution in [0.15, 0.2) is 53.4 Å². The van der Waals surface area contributed by atoms with Crippen LogP contribution >= 0.6 is 24.2 Å². The lowest BCUT2D eigenvalue weighted by Gasteiger charge is -2.26. The lowest BCUT2D eigenvalue weighted by Crippen LogP contribution is -2.32. The Hall–Kier alpha value is -1.56. The summed E-state index contributed by atoms with van der Waals surface area (Å²) in [6, 6.07) is 13.9. The summed E-state index contributed by atoms with van der Waals surface area (Å²) in [5.41, 5.74) is 7.90. The Morgan fingerprint density at radius 1 is 1.29 bits per heavy atom. The molecule has 0 saturated heterocycles. The zero-order valence-electron chi connectivity index (χ0n) is 13.1. The number of hydrogen-bond donors (Lipinski definition) is 2. The van der Waals surface area contributed by atoms with Gasteiger partial charge in [-0.2, -0.15) is 0 Å². The van der Waals surface area contributed by atoms with Crippen molar-refractivity contribution in [2.24, 2.45) is 5.73 Å². The maximum atomic E-state index is 13.5. The molecule has 3 nitrogen and oxygen atoms in total. The van der Waals surface area contributed by atoms with E-state index < -0.39 is 0 Å². The Bertz CT molecular complexity index is 699. The summed E-state index contributed by atoms with van der Waals surface area (Å²) in [5.74, 6) is 0.536. The first kappa shape index (κ1) is 18.8. The second-order valence-corrected chi connectivity index (χ2v) is 6.80. The predicted molar refractivity (Wildman–Crippen MR) is 97.9 cm³/mol. The van der Waals surface area contributed by atoms with E-state index in [4.69, 9.17) is 5.73 Å². The first-order chi connectivity index (χ1) is 11.1. The fourth-order valence-corrected chi connectivity index (χ4v) is 3.89. The molecule has 1 heterocycles. The van der Waals surface area contributed by atoms with E-state index >= 15 is 0 Å². The van der Waals surface area contributed by atoms with Gasteiger partial charge in [0.2, 0.25) is 5.91 Å². The van der Waals surface area contributed by atoms with Crippen LogP contribution in [0.3, 0.4) is 0 Å². The van der Waals surface area contributed by atoms with Crippen LogP contribution in [0.2, 0.25) is 0 Å². The SMILES string of the molecule is Cl.NC(CC(=O)NC1CCSc2ccc(F)cc21)c1ccccc1. The highest BCUT2D eigenvalue weighted by molar-refractivity contribution is 7.99. The van der Waals surface area contributed by atoms with Crippen molar-refractivity contribution in [3.8, 4) is 0 Å². The Balaban J connectivity index is 0.00000208. The number of carbonyl (C=O) groups is 1. The molecule has 2 atom stereocenters. The molecule has 1 aliphatic rings. The van der Waals surface area contributed by atoms with Crippen molar-refractivity contribution >= 4 is 30.1 Å². The molecule has 0 saturated carbocycles. The van der Waals surface area contributed by atoms with Gasteiger partial charge in [0, 0.05) is 23.1 Å². The Kier molecular flexibility index (Phi) is 6.66. The molecule has 0 fully saturated rings. The molecule has 1 amide bonds. The maximum absolute atomic E-state index is 13.5. The number of rotatable bonds is 4. The van der Waals surface area contributed by atoms with Crippen LogP contribution in [0, 0.1) is 5.82 Å². The lowest BCUT2D eigenvalue weighted by molar-refractivity contribution is -0.122. The smallest absolute Gasteiger partial charge is 0.222 e. The molecule has 2 aromatic rings. The topological polar surface area (TPSA) is 55.1 Å². The van der Waals surface area contributed by atoms with Crippen LogP contribution in [-0.2, 0) is 4.79 Å². The van der Waals surface area contributed by atoms with Gasteiger partial charge in [0.25, 0.3) is 0 Å². The Morgan fingerprint density at radius 3 is 2.79 bits per heavy atom. The van der Waals surface area contributed by atoms with Crippen molar-refractivity contribution in [3.63, 3.8) is 0 Å². The number of amides is 1. The molecule has 2 aromatic carbocycles. The first-order valence-corrected chi connectivity index (χ1v) is 8.64. The van der Waals surface area contributed by atoms with Crippen molar-refractivity contribution in [2.45, 2.75) is 29.8 Å². The number of thioether (sulfide) groups is 1. The normalized spacial score (nSPS) is 17.3. The number of hydrogen-bond acceptors (Lipinski definition) is 3. The number of fused-ring (bicyclic) bond motifs is 1. The van der Waals surface area contributed by atoms with Gasteiger partial charge < -0.3 is 11.1 Å². The molecule has 6 heteroatoms. The third-order valence-electron chi connectivity index (χ3n) is 3.98. The molecule has 0 bridgehead atoms. The predicted octanol–water partition coefficient (Wildman–Crippen LogP) is 3.99. The van der Waals surface area contributed by atoms with Gasteiger partial charge in [-0.15, -0.1) is 24.2 Å². The number of nitrogens with one attached hydrogen (secondary N) is 1. The zero-order valence-corrected chi connectivity index (χ0v) is 14.7. The Morgan fingerprint density at radius 2 is 2.04 bits per heavy atom. The third kappa shape index (κ3) is 4.50. The van der Waals surface area contributed by atoms with E-state index in [9.17, 15) is 9.18 Å². The highest BCUT2D eigenvalue weighted by Gasteiger charge is 2.23. The molecule has 3 N–H and O–H groups in total. The number of carbonyl (C=O) groups excluding carboxylic acids is 1. The molecular formula is C18H20ClFN2OS. The number of benzene rings is 2. The summed E-state index contributed by atoms with van der Waals surface area (Å²) in [6.07, 6.45) is 1.02. The first-order valence-electron chi connectivity index (χ1n) is 7.65. The van der Waals surface area contributed by atoms with E-state index in [1.807, 2.05) is 30.3 Å². The van der Waals surface area contributed by atoms with E-state index in [1.54, 1.807) is 17.8 Å². The van der Waals surface area contributed by atoms with Crippen molar-refractivity contribution in [1.29, 1.82) is 0 Å². The molecule has 1 aliphatic heterocycles. The minimum Gasteiger partial charge on any atom is -0.349 e. The lowest BCUT2D eigenvalue weighted by atomic mass is 10.0. The van der Waals surface area contributed by atoms with Crippen molar-refractivity contribution < 1.29 is 9.18 Å². The number of halogens is 2. The van der Waals surface area contributed by atoms with Gasteiger partial charge >= 0.3 is 0 Å². The van der Waals surface area contributed by atoms with Crippen LogP contribution in [0.4, 0.5) is 4.39 Å². The van der Waals surface area contributed by atoms with Crippen LogP contribution < -0.4 is 11.1 Å². The highest BCUT2D eigenvalue weighted by Crippen LogP contribution is 2.36. The molecule has 3 rings (SSSR count). The fourth-order valence-electron chi connectivity index (χ4n) is 2.79. The molecule has 24 heavy (non-hydrogen) atoms. The molecule has 0 radical (unpaired) electrons. The average Bonchev–Trinajstić information content (AvgIpc) is 2.56. The second kappa shape index (κ2) is 8.51. The standard InChI is InChI=1S/C18H19FN2OS.ClH/c19-13-6-7-17-14(10-13)16(8-9-23-17)21-18(22)11-15(20)12-4-2-1-3-5-12;/h1-7,10,15-16H,8-9,11,20H2,(H,21,22);1H. The molecular weight excluding hydrogens is 347 g/mol. The summed E-state index contributed by atoms with van der Waals surface area (Å²) in [5, 5.41) is 3.00.